The van der Waals surface area contributed by atoms with E-state index in [1.807, 2.05) is 23.2 Å². The molecule has 7 heteroatoms. The number of anilines is 1. The van der Waals surface area contributed by atoms with Gasteiger partial charge in [0.25, 0.3) is 0 Å². The van der Waals surface area contributed by atoms with Crippen LogP contribution < -0.4 is 10.1 Å². The van der Waals surface area contributed by atoms with E-state index in [4.69, 9.17) is 0 Å². The monoisotopic (exact) mass is 397 g/mol. The van der Waals surface area contributed by atoms with Crippen LogP contribution in [-0.2, 0) is 4.79 Å². The minimum absolute atomic E-state index is 0.0454. The highest BCUT2D eigenvalue weighted by atomic mass is 19.3. The normalized spacial score (nSPS) is 14.8. The van der Waals surface area contributed by atoms with Crippen LogP contribution in [0.4, 0.5) is 14.5 Å². The summed E-state index contributed by atoms with van der Waals surface area (Å²) < 4.78 is 29.5. The predicted octanol–water partition coefficient (Wildman–Crippen LogP) is 4.50. The number of benzene rings is 2. The number of nitrogens with one attached hydrogen (secondary N) is 2. The fourth-order valence-electron chi connectivity index (χ4n) is 3.60. The third-order valence-corrected chi connectivity index (χ3v) is 4.97. The summed E-state index contributed by atoms with van der Waals surface area (Å²) in [5, 5.41) is 3.86. The van der Waals surface area contributed by atoms with Gasteiger partial charge in [-0.15, -0.1) is 0 Å². The Hall–Kier alpha value is -3.19. The maximum Gasteiger partial charge on any atom is 0.387 e. The van der Waals surface area contributed by atoms with Gasteiger partial charge < -0.3 is 15.0 Å². The topological polar surface area (TPSA) is 57.4 Å². The van der Waals surface area contributed by atoms with Crippen LogP contribution in [0.2, 0.25) is 0 Å². The van der Waals surface area contributed by atoms with Crippen molar-refractivity contribution in [2.45, 2.75) is 13.0 Å². The first-order chi connectivity index (χ1) is 14.1. The third-order valence-electron chi connectivity index (χ3n) is 4.97. The van der Waals surface area contributed by atoms with Crippen LogP contribution in [0.3, 0.4) is 0 Å². The van der Waals surface area contributed by atoms with Crippen LogP contribution in [0, 0.1) is 0 Å². The summed E-state index contributed by atoms with van der Waals surface area (Å²) in [6, 6.07) is 14.4. The molecular formula is C22H21F2N3O2. The van der Waals surface area contributed by atoms with Gasteiger partial charge in [0.05, 0.1) is 12.2 Å². The van der Waals surface area contributed by atoms with E-state index in [2.05, 4.69) is 33.2 Å². The van der Waals surface area contributed by atoms with Crippen molar-refractivity contribution in [2.24, 2.45) is 0 Å². The van der Waals surface area contributed by atoms with Crippen molar-refractivity contribution in [3.8, 4) is 5.75 Å². The van der Waals surface area contributed by atoms with E-state index in [0.29, 0.717) is 6.54 Å². The molecule has 5 nitrogen and oxygen atoms in total. The molecule has 1 aliphatic heterocycles. The highest BCUT2D eigenvalue weighted by molar-refractivity contribution is 5.94. The number of hydrogen-bond acceptors (Lipinski definition) is 3. The first-order valence-electron chi connectivity index (χ1n) is 9.42. The number of H-pyrrole nitrogens is 1. The van der Waals surface area contributed by atoms with Gasteiger partial charge >= 0.3 is 6.61 Å². The maximum atomic E-state index is 12.5. The summed E-state index contributed by atoms with van der Waals surface area (Å²) >= 11 is 0. The molecule has 0 saturated heterocycles. The second-order valence-electron chi connectivity index (χ2n) is 6.89. The van der Waals surface area contributed by atoms with Gasteiger partial charge in [-0.3, -0.25) is 9.69 Å². The molecule has 1 aliphatic rings. The zero-order valence-electron chi connectivity index (χ0n) is 15.7. The number of aromatic nitrogens is 1. The molecule has 0 fully saturated rings. The second-order valence-corrected chi connectivity index (χ2v) is 6.89. The van der Waals surface area contributed by atoms with Crippen molar-refractivity contribution in [3.05, 3.63) is 66.4 Å². The number of halogens is 2. The van der Waals surface area contributed by atoms with Gasteiger partial charge in [0.1, 0.15) is 5.75 Å². The van der Waals surface area contributed by atoms with Gasteiger partial charge in [0, 0.05) is 35.8 Å². The van der Waals surface area contributed by atoms with Gasteiger partial charge in [-0.1, -0.05) is 36.4 Å². The number of rotatable bonds is 6. The number of carbonyl (C=O) groups is 1. The van der Waals surface area contributed by atoms with Crippen LogP contribution in [-0.4, -0.2) is 42.0 Å². The number of carbonyl (C=O) groups excluding carboxylic acids is 1. The first-order valence-corrected chi connectivity index (χ1v) is 9.42. The van der Waals surface area contributed by atoms with E-state index >= 15 is 0 Å². The minimum atomic E-state index is -2.94. The van der Waals surface area contributed by atoms with Crippen LogP contribution in [0.25, 0.3) is 16.5 Å². The number of aromatic amines is 1. The number of fused-ring (bicyclic) bond motifs is 1. The average Bonchev–Trinajstić information content (AvgIpc) is 3.14. The summed E-state index contributed by atoms with van der Waals surface area (Å²) in [7, 11) is 0. The maximum absolute atomic E-state index is 12.5. The molecule has 0 atom stereocenters. The van der Waals surface area contributed by atoms with Crippen molar-refractivity contribution >= 4 is 28.1 Å². The van der Waals surface area contributed by atoms with Gasteiger partial charge in [-0.2, -0.15) is 8.78 Å². The number of hydrogen-bond donors (Lipinski definition) is 2. The van der Waals surface area contributed by atoms with E-state index in [1.54, 1.807) is 18.2 Å². The Bertz CT molecular complexity index is 1050. The molecule has 0 aliphatic carbocycles. The van der Waals surface area contributed by atoms with Crippen LogP contribution in [0.15, 0.2) is 60.8 Å². The minimum Gasteiger partial charge on any atom is -0.433 e. The molecule has 150 valence electrons. The molecule has 4 rings (SSSR count). The lowest BCUT2D eigenvalue weighted by atomic mass is 9.99. The van der Waals surface area contributed by atoms with E-state index in [1.165, 1.54) is 22.6 Å². The van der Waals surface area contributed by atoms with E-state index < -0.39 is 6.61 Å². The summed E-state index contributed by atoms with van der Waals surface area (Å²) in [5.74, 6) is -0.310. The van der Waals surface area contributed by atoms with Crippen LogP contribution >= 0.6 is 0 Å². The van der Waals surface area contributed by atoms with Crippen molar-refractivity contribution < 1.29 is 18.3 Å². The molecule has 0 bridgehead atoms. The fraction of sp³-hybridized carbons (Fsp3) is 0.227. The van der Waals surface area contributed by atoms with Gasteiger partial charge in [-0.05, 0) is 30.2 Å². The zero-order chi connectivity index (χ0) is 20.2. The standard InChI is InChI=1S/C22H21F2N3O2/c23-22(24)29-20-8-4-3-7-19(20)26-21(28)14-27-11-9-15(10-12-27)17-13-25-18-6-2-1-5-16(17)18/h1-9,13,22,25H,10-12,14H2,(H,26,28). The number of ether oxygens (including phenoxy) is 1. The van der Waals surface area contributed by atoms with Crippen molar-refractivity contribution in [3.63, 3.8) is 0 Å². The quantitative estimate of drug-likeness (QED) is 0.644. The Labute approximate surface area is 167 Å². The Morgan fingerprint density at radius 1 is 1.17 bits per heavy atom. The number of para-hydroxylation sites is 3. The molecule has 2 heterocycles. The smallest absolute Gasteiger partial charge is 0.387 e. The first kappa shape index (κ1) is 19.1. The Kier molecular flexibility index (Phi) is 5.57. The highest BCUT2D eigenvalue weighted by Gasteiger charge is 2.18. The van der Waals surface area contributed by atoms with Crippen molar-refractivity contribution in [2.75, 3.05) is 25.0 Å². The average molecular weight is 397 g/mol. The van der Waals surface area contributed by atoms with Crippen molar-refractivity contribution in [1.82, 2.24) is 9.88 Å². The summed E-state index contributed by atoms with van der Waals surface area (Å²) in [6.45, 7) is -1.37. The Morgan fingerprint density at radius 2 is 1.97 bits per heavy atom. The van der Waals surface area contributed by atoms with Gasteiger partial charge in [0.15, 0.2) is 0 Å². The molecule has 1 amide bonds. The lowest BCUT2D eigenvalue weighted by Crippen LogP contribution is -2.36. The molecule has 29 heavy (non-hydrogen) atoms. The highest BCUT2D eigenvalue weighted by Crippen LogP contribution is 2.29. The van der Waals surface area contributed by atoms with Crippen molar-refractivity contribution in [1.29, 1.82) is 0 Å². The molecule has 0 spiro atoms. The molecule has 0 unspecified atom stereocenters. The molecule has 1 aromatic heterocycles. The predicted molar refractivity (Wildman–Crippen MR) is 109 cm³/mol. The fourth-order valence-corrected chi connectivity index (χ4v) is 3.60. The van der Waals surface area contributed by atoms with Gasteiger partial charge in [0.2, 0.25) is 5.91 Å². The van der Waals surface area contributed by atoms with Gasteiger partial charge in [-0.25, -0.2) is 0 Å². The number of alkyl halides is 2. The molecule has 2 N–H and O–H groups in total. The molecule has 3 aromatic rings. The SMILES string of the molecule is O=C(CN1CC=C(c2c[nH]c3ccccc23)CC1)Nc1ccccc1OC(F)F. The van der Waals surface area contributed by atoms with E-state index in [-0.39, 0.29) is 23.9 Å². The summed E-state index contributed by atoms with van der Waals surface area (Å²) in [6.07, 6.45) is 5.00. The molecule has 0 saturated carbocycles. The summed E-state index contributed by atoms with van der Waals surface area (Å²) in [4.78, 5) is 17.7. The van der Waals surface area contributed by atoms with E-state index in [0.717, 1.165) is 18.5 Å². The number of nitrogens with zero attached hydrogens (tertiary/aromatic N) is 1. The lowest BCUT2D eigenvalue weighted by Gasteiger charge is -2.25. The second kappa shape index (κ2) is 8.45. The Morgan fingerprint density at radius 3 is 2.76 bits per heavy atom. The zero-order valence-corrected chi connectivity index (χ0v) is 15.7. The third kappa shape index (κ3) is 4.46. The lowest BCUT2D eigenvalue weighted by molar-refractivity contribution is -0.117. The largest absolute Gasteiger partial charge is 0.433 e. The summed E-state index contributed by atoms with van der Waals surface area (Å²) in [5.41, 5.74) is 3.80. The van der Waals surface area contributed by atoms with Crippen LogP contribution in [0.1, 0.15) is 12.0 Å². The number of amides is 1. The van der Waals surface area contributed by atoms with E-state index in [9.17, 15) is 13.6 Å². The molecule has 0 radical (unpaired) electrons. The van der Waals surface area contributed by atoms with Crippen LogP contribution in [0.5, 0.6) is 5.75 Å². The molecular weight excluding hydrogens is 376 g/mol. The molecule has 2 aromatic carbocycles. The Balaban J connectivity index is 1.38.